The minimum absolute atomic E-state index is 0.000916. The number of aromatic nitrogens is 1. The van der Waals surface area contributed by atoms with Crippen LogP contribution < -0.4 is 5.32 Å². The van der Waals surface area contributed by atoms with Gasteiger partial charge in [-0.15, -0.1) is 0 Å². The Morgan fingerprint density at radius 2 is 1.94 bits per heavy atom. The fourth-order valence-corrected chi connectivity index (χ4v) is 5.10. The van der Waals surface area contributed by atoms with Gasteiger partial charge in [-0.3, -0.25) is 0 Å². The Kier molecular flexibility index (Phi) is 6.04. The van der Waals surface area contributed by atoms with E-state index in [-0.39, 0.29) is 28.3 Å². The lowest BCUT2D eigenvalue weighted by molar-refractivity contribution is 0.161. The van der Waals surface area contributed by atoms with Crippen LogP contribution in [0, 0.1) is 11.6 Å². The van der Waals surface area contributed by atoms with Crippen LogP contribution >= 0.6 is 0 Å². The number of nitrogens with one attached hydrogen (secondary N) is 1. The van der Waals surface area contributed by atoms with Crippen molar-refractivity contribution in [3.05, 3.63) is 83.6 Å². The van der Waals surface area contributed by atoms with Gasteiger partial charge in [0.05, 0.1) is 18.1 Å². The molecule has 0 radical (unpaired) electrons. The molecule has 0 spiro atoms. The first-order chi connectivity index (χ1) is 14.9. The zero-order valence-electron chi connectivity index (χ0n) is 16.9. The summed E-state index contributed by atoms with van der Waals surface area (Å²) in [5.74, 6) is -1.47. The first-order valence-electron chi connectivity index (χ1n) is 9.85. The Morgan fingerprint density at radius 1 is 1.13 bits per heavy atom. The number of nitrogens with zero attached hydrogens (tertiary/aromatic N) is 1. The Morgan fingerprint density at radius 3 is 2.65 bits per heavy atom. The SMILES string of the molecule is CNCc1cn(S(=O)(=O)c2cccc(C3=CCOCC3)c2)c(-c2ccccc2F)c1F. The van der Waals surface area contributed by atoms with Gasteiger partial charge in [0.2, 0.25) is 0 Å². The van der Waals surface area contributed by atoms with E-state index < -0.39 is 21.7 Å². The van der Waals surface area contributed by atoms with Gasteiger partial charge in [-0.1, -0.05) is 30.3 Å². The molecule has 3 aromatic rings. The van der Waals surface area contributed by atoms with E-state index in [4.69, 9.17) is 4.74 Å². The van der Waals surface area contributed by atoms with E-state index >= 15 is 4.39 Å². The molecule has 0 aliphatic carbocycles. The first-order valence-corrected chi connectivity index (χ1v) is 11.3. The lowest BCUT2D eigenvalue weighted by Crippen LogP contribution is -2.14. The molecule has 0 fully saturated rings. The summed E-state index contributed by atoms with van der Waals surface area (Å²) in [6.07, 6.45) is 3.80. The second-order valence-corrected chi connectivity index (χ2v) is 9.03. The fourth-order valence-electron chi connectivity index (χ4n) is 3.66. The van der Waals surface area contributed by atoms with Crippen LogP contribution in [0.1, 0.15) is 17.5 Å². The number of hydrogen-bond donors (Lipinski definition) is 1. The standard InChI is InChI=1S/C23H22F2N2O3S/c1-26-14-18-15-27(23(22(18)25)20-7-2-3-8-21(20)24)31(28,29)19-6-4-5-17(13-19)16-9-11-30-12-10-16/h2-9,13,15,26H,10-12,14H2,1H3. The van der Waals surface area contributed by atoms with E-state index in [1.54, 1.807) is 19.2 Å². The van der Waals surface area contributed by atoms with E-state index in [1.807, 2.05) is 12.1 Å². The molecule has 1 N–H and O–H groups in total. The van der Waals surface area contributed by atoms with Gasteiger partial charge in [0, 0.05) is 23.9 Å². The lowest BCUT2D eigenvalue weighted by atomic mass is 10.0. The van der Waals surface area contributed by atoms with Crippen LogP contribution in [0.15, 0.2) is 65.7 Å². The summed E-state index contributed by atoms with van der Waals surface area (Å²) in [5, 5.41) is 2.81. The second-order valence-electron chi connectivity index (χ2n) is 7.21. The predicted octanol–water partition coefficient (Wildman–Crippen LogP) is 4.19. The maximum Gasteiger partial charge on any atom is 0.268 e. The predicted molar refractivity (Wildman–Crippen MR) is 115 cm³/mol. The van der Waals surface area contributed by atoms with Gasteiger partial charge in [-0.05, 0) is 48.9 Å². The minimum Gasteiger partial charge on any atom is -0.377 e. The van der Waals surface area contributed by atoms with Crippen molar-refractivity contribution in [2.45, 2.75) is 17.9 Å². The van der Waals surface area contributed by atoms with Crippen LogP contribution in [0.2, 0.25) is 0 Å². The van der Waals surface area contributed by atoms with Crippen molar-refractivity contribution < 1.29 is 21.9 Å². The molecule has 8 heteroatoms. The molecule has 1 aliphatic rings. The zero-order valence-corrected chi connectivity index (χ0v) is 17.8. The van der Waals surface area contributed by atoms with Crippen molar-refractivity contribution >= 4 is 15.6 Å². The normalized spacial score (nSPS) is 14.5. The maximum absolute atomic E-state index is 15.2. The summed E-state index contributed by atoms with van der Waals surface area (Å²) < 4.78 is 63.0. The van der Waals surface area contributed by atoms with Crippen molar-refractivity contribution in [3.8, 4) is 11.3 Å². The highest BCUT2D eigenvalue weighted by Crippen LogP contribution is 2.33. The number of benzene rings is 2. The van der Waals surface area contributed by atoms with Gasteiger partial charge in [-0.25, -0.2) is 21.2 Å². The molecule has 2 heterocycles. The summed E-state index contributed by atoms with van der Waals surface area (Å²) in [7, 11) is -2.57. The summed E-state index contributed by atoms with van der Waals surface area (Å²) >= 11 is 0. The topological polar surface area (TPSA) is 60.3 Å². The van der Waals surface area contributed by atoms with E-state index in [0.717, 1.165) is 15.1 Å². The molecule has 0 amide bonds. The minimum atomic E-state index is -4.19. The molecule has 162 valence electrons. The molecule has 0 bridgehead atoms. The number of hydrogen-bond acceptors (Lipinski definition) is 4. The number of ether oxygens (including phenoxy) is 1. The average Bonchev–Trinajstić information content (AvgIpc) is 3.12. The first kappa shape index (κ1) is 21.4. The monoisotopic (exact) mass is 444 g/mol. The highest BCUT2D eigenvalue weighted by molar-refractivity contribution is 7.90. The fraction of sp³-hybridized carbons (Fsp3) is 0.217. The Bertz CT molecular complexity index is 1250. The van der Waals surface area contributed by atoms with Gasteiger partial charge in [0.1, 0.15) is 11.5 Å². The molecular weight excluding hydrogens is 422 g/mol. The molecule has 0 unspecified atom stereocenters. The second kappa shape index (κ2) is 8.74. The van der Waals surface area contributed by atoms with Crippen molar-refractivity contribution in [2.24, 2.45) is 0 Å². The molecule has 0 saturated heterocycles. The third-order valence-electron chi connectivity index (χ3n) is 5.20. The van der Waals surface area contributed by atoms with E-state index in [2.05, 4.69) is 5.32 Å². The molecule has 5 nitrogen and oxygen atoms in total. The van der Waals surface area contributed by atoms with Gasteiger partial charge < -0.3 is 10.1 Å². The van der Waals surface area contributed by atoms with E-state index in [1.165, 1.54) is 36.5 Å². The van der Waals surface area contributed by atoms with Gasteiger partial charge in [0.15, 0.2) is 5.82 Å². The number of rotatable bonds is 6. The summed E-state index contributed by atoms with van der Waals surface area (Å²) in [6, 6.07) is 12.1. The van der Waals surface area contributed by atoms with Crippen LogP contribution in [0.4, 0.5) is 8.78 Å². The smallest absolute Gasteiger partial charge is 0.268 e. The Labute approximate surface area is 180 Å². The molecule has 1 aromatic heterocycles. The van der Waals surface area contributed by atoms with Gasteiger partial charge in [0.25, 0.3) is 10.0 Å². The van der Waals surface area contributed by atoms with Crippen LogP contribution in [-0.4, -0.2) is 32.7 Å². The van der Waals surface area contributed by atoms with E-state index in [9.17, 15) is 12.8 Å². The van der Waals surface area contributed by atoms with Crippen LogP contribution in [0.25, 0.3) is 16.8 Å². The van der Waals surface area contributed by atoms with Crippen molar-refractivity contribution in [3.63, 3.8) is 0 Å². The lowest BCUT2D eigenvalue weighted by Gasteiger charge is -2.15. The third-order valence-corrected chi connectivity index (χ3v) is 6.86. The van der Waals surface area contributed by atoms with E-state index in [0.29, 0.717) is 19.6 Å². The van der Waals surface area contributed by atoms with Crippen molar-refractivity contribution in [1.29, 1.82) is 0 Å². The molecule has 31 heavy (non-hydrogen) atoms. The molecule has 1 aliphatic heterocycles. The zero-order chi connectivity index (χ0) is 22.0. The third kappa shape index (κ3) is 4.06. The summed E-state index contributed by atoms with van der Waals surface area (Å²) in [6.45, 7) is 1.14. The Hall–Kier alpha value is -2.81. The largest absolute Gasteiger partial charge is 0.377 e. The molecular formula is C23H22F2N2O3S. The highest BCUT2D eigenvalue weighted by Gasteiger charge is 2.28. The van der Waals surface area contributed by atoms with Crippen LogP contribution in [0.3, 0.4) is 0 Å². The summed E-state index contributed by atoms with van der Waals surface area (Å²) in [5.41, 5.74) is 1.45. The van der Waals surface area contributed by atoms with Gasteiger partial charge >= 0.3 is 0 Å². The summed E-state index contributed by atoms with van der Waals surface area (Å²) in [4.78, 5) is 0.000916. The molecule has 0 saturated carbocycles. The average molecular weight is 445 g/mol. The Balaban J connectivity index is 1.88. The van der Waals surface area contributed by atoms with Crippen LogP contribution in [-0.2, 0) is 21.3 Å². The molecule has 0 atom stereocenters. The maximum atomic E-state index is 15.2. The highest BCUT2D eigenvalue weighted by atomic mass is 32.2. The van der Waals surface area contributed by atoms with Crippen molar-refractivity contribution in [2.75, 3.05) is 20.3 Å². The van der Waals surface area contributed by atoms with Crippen LogP contribution in [0.5, 0.6) is 0 Å². The number of halogens is 2. The molecule has 2 aromatic carbocycles. The quantitative estimate of drug-likeness (QED) is 0.619. The van der Waals surface area contributed by atoms with Crippen molar-refractivity contribution in [1.82, 2.24) is 9.29 Å². The molecule has 4 rings (SSSR count). The van der Waals surface area contributed by atoms with Gasteiger partial charge in [-0.2, -0.15) is 0 Å².